The minimum atomic E-state index is -0.537. The average Bonchev–Trinajstić information content (AvgIpc) is 3.52. The van der Waals surface area contributed by atoms with Gasteiger partial charge in [0.15, 0.2) is 0 Å². The van der Waals surface area contributed by atoms with E-state index in [0.717, 1.165) is 37.9 Å². The van der Waals surface area contributed by atoms with Gasteiger partial charge >= 0.3 is 11.8 Å². The molecule has 27 heavy (non-hydrogen) atoms. The van der Waals surface area contributed by atoms with Gasteiger partial charge in [0.1, 0.15) is 0 Å². The molecule has 0 spiro atoms. The highest BCUT2D eigenvalue weighted by Gasteiger charge is 2.26. The Labute approximate surface area is 159 Å². The van der Waals surface area contributed by atoms with Crippen molar-refractivity contribution in [1.29, 1.82) is 0 Å². The molecule has 2 aromatic carbocycles. The van der Waals surface area contributed by atoms with Gasteiger partial charge < -0.3 is 15.5 Å². The number of benzene rings is 2. The van der Waals surface area contributed by atoms with Crippen molar-refractivity contribution in [3.63, 3.8) is 0 Å². The van der Waals surface area contributed by atoms with E-state index in [1.54, 1.807) is 0 Å². The molecule has 0 radical (unpaired) electrons. The molecule has 0 atom stereocenters. The summed E-state index contributed by atoms with van der Waals surface area (Å²) in [6.45, 7) is 2.44. The number of nitrogens with zero attached hydrogens (tertiary/aromatic N) is 1. The molecule has 0 bridgehead atoms. The Balaban J connectivity index is 1.26. The largest absolute Gasteiger partial charge is 0.367 e. The molecule has 2 amide bonds. The zero-order chi connectivity index (χ0) is 18.6. The van der Waals surface area contributed by atoms with Crippen LogP contribution in [0.25, 0.3) is 0 Å². The summed E-state index contributed by atoms with van der Waals surface area (Å²) >= 11 is 0. The van der Waals surface area contributed by atoms with Gasteiger partial charge in [0, 0.05) is 31.4 Å². The predicted molar refractivity (Wildman–Crippen MR) is 106 cm³/mol. The molecular weight excluding hydrogens is 338 g/mol. The van der Waals surface area contributed by atoms with Gasteiger partial charge in [0.25, 0.3) is 0 Å². The average molecular weight is 363 g/mol. The highest BCUT2D eigenvalue weighted by molar-refractivity contribution is 6.35. The van der Waals surface area contributed by atoms with Crippen LogP contribution in [0.5, 0.6) is 0 Å². The molecule has 0 saturated heterocycles. The molecule has 1 saturated carbocycles. The van der Waals surface area contributed by atoms with Crippen LogP contribution in [-0.4, -0.2) is 30.9 Å². The molecule has 2 aliphatic rings. The van der Waals surface area contributed by atoms with Crippen LogP contribution in [0.2, 0.25) is 0 Å². The van der Waals surface area contributed by atoms with Gasteiger partial charge in [0.2, 0.25) is 0 Å². The number of amides is 2. The first kappa shape index (κ1) is 17.6. The molecule has 0 aromatic heterocycles. The molecule has 140 valence electrons. The van der Waals surface area contributed by atoms with Crippen molar-refractivity contribution in [1.82, 2.24) is 10.6 Å². The minimum absolute atomic E-state index is 0.206. The van der Waals surface area contributed by atoms with Crippen molar-refractivity contribution >= 4 is 17.5 Å². The van der Waals surface area contributed by atoms with E-state index in [9.17, 15) is 9.59 Å². The van der Waals surface area contributed by atoms with Gasteiger partial charge in [-0.2, -0.15) is 0 Å². The van der Waals surface area contributed by atoms with Gasteiger partial charge in [-0.15, -0.1) is 0 Å². The number of anilines is 1. The van der Waals surface area contributed by atoms with Crippen LogP contribution in [0.15, 0.2) is 48.5 Å². The molecule has 1 fully saturated rings. The number of nitrogens with one attached hydrogen (secondary N) is 2. The summed E-state index contributed by atoms with van der Waals surface area (Å²) in [4.78, 5) is 25.7. The number of hydrogen-bond donors (Lipinski definition) is 2. The third kappa shape index (κ3) is 4.48. The summed E-state index contributed by atoms with van der Waals surface area (Å²) in [5.74, 6) is -1.05. The lowest BCUT2D eigenvalue weighted by atomic mass is 9.99. The first-order chi connectivity index (χ1) is 13.2. The zero-order valence-corrected chi connectivity index (χ0v) is 15.4. The highest BCUT2D eigenvalue weighted by Crippen LogP contribution is 2.24. The lowest BCUT2D eigenvalue weighted by Gasteiger charge is -2.30. The van der Waals surface area contributed by atoms with Crippen LogP contribution in [0, 0.1) is 0 Å². The number of carbonyl (C=O) groups is 2. The van der Waals surface area contributed by atoms with E-state index in [0.29, 0.717) is 13.0 Å². The normalized spacial score (nSPS) is 15.8. The summed E-state index contributed by atoms with van der Waals surface area (Å²) in [6.07, 6.45) is 3.75. The maximum absolute atomic E-state index is 11.7. The molecule has 5 nitrogen and oxygen atoms in total. The van der Waals surface area contributed by atoms with E-state index in [1.165, 1.54) is 16.8 Å². The lowest BCUT2D eigenvalue weighted by Crippen LogP contribution is -2.41. The zero-order valence-electron chi connectivity index (χ0n) is 15.4. The first-order valence-electron chi connectivity index (χ1n) is 9.68. The Morgan fingerprint density at radius 1 is 0.963 bits per heavy atom. The van der Waals surface area contributed by atoms with E-state index in [1.807, 2.05) is 0 Å². The third-order valence-corrected chi connectivity index (χ3v) is 5.25. The summed E-state index contributed by atoms with van der Waals surface area (Å²) < 4.78 is 0. The van der Waals surface area contributed by atoms with E-state index < -0.39 is 11.8 Å². The SMILES string of the molecule is O=C(NCCc1ccc(N2CCc3ccccc3C2)cc1)C(=O)NC1CC1. The molecule has 2 aromatic rings. The van der Waals surface area contributed by atoms with E-state index in [4.69, 9.17) is 0 Å². The Morgan fingerprint density at radius 3 is 2.44 bits per heavy atom. The van der Waals surface area contributed by atoms with Crippen LogP contribution in [0.1, 0.15) is 29.5 Å². The molecule has 5 heteroatoms. The van der Waals surface area contributed by atoms with Crippen LogP contribution in [-0.2, 0) is 29.0 Å². The topological polar surface area (TPSA) is 61.4 Å². The smallest absolute Gasteiger partial charge is 0.309 e. The molecular formula is C22H25N3O2. The first-order valence-corrected chi connectivity index (χ1v) is 9.68. The molecule has 1 aliphatic carbocycles. The fourth-order valence-electron chi connectivity index (χ4n) is 3.47. The van der Waals surface area contributed by atoms with Crippen molar-refractivity contribution in [2.75, 3.05) is 18.0 Å². The van der Waals surface area contributed by atoms with Crippen molar-refractivity contribution in [3.05, 3.63) is 65.2 Å². The van der Waals surface area contributed by atoms with Crippen LogP contribution >= 0.6 is 0 Å². The van der Waals surface area contributed by atoms with Gasteiger partial charge in [-0.05, 0) is 54.5 Å². The van der Waals surface area contributed by atoms with Crippen LogP contribution < -0.4 is 15.5 Å². The van der Waals surface area contributed by atoms with Crippen molar-refractivity contribution < 1.29 is 9.59 Å². The maximum atomic E-state index is 11.7. The minimum Gasteiger partial charge on any atom is -0.367 e. The highest BCUT2D eigenvalue weighted by atomic mass is 16.2. The second-order valence-corrected chi connectivity index (χ2v) is 7.36. The quantitative estimate of drug-likeness (QED) is 0.801. The number of hydrogen-bond acceptors (Lipinski definition) is 3. The summed E-state index contributed by atoms with van der Waals surface area (Å²) in [5, 5.41) is 5.39. The molecule has 0 unspecified atom stereocenters. The Morgan fingerprint density at radius 2 is 1.70 bits per heavy atom. The van der Waals surface area contributed by atoms with Crippen LogP contribution in [0.3, 0.4) is 0 Å². The van der Waals surface area contributed by atoms with E-state index >= 15 is 0 Å². The van der Waals surface area contributed by atoms with E-state index in [-0.39, 0.29) is 6.04 Å². The number of rotatable bonds is 5. The summed E-state index contributed by atoms with van der Waals surface area (Å²) in [6, 6.07) is 17.3. The second kappa shape index (κ2) is 7.82. The van der Waals surface area contributed by atoms with Gasteiger partial charge in [-0.1, -0.05) is 36.4 Å². The van der Waals surface area contributed by atoms with Gasteiger partial charge in [-0.3, -0.25) is 9.59 Å². The monoisotopic (exact) mass is 363 g/mol. The van der Waals surface area contributed by atoms with Crippen molar-refractivity contribution in [3.8, 4) is 0 Å². The fourth-order valence-corrected chi connectivity index (χ4v) is 3.47. The van der Waals surface area contributed by atoms with E-state index in [2.05, 4.69) is 64.1 Å². The lowest BCUT2D eigenvalue weighted by molar-refractivity contribution is -0.139. The van der Waals surface area contributed by atoms with Crippen molar-refractivity contribution in [2.45, 2.75) is 38.3 Å². The Hall–Kier alpha value is -2.82. The maximum Gasteiger partial charge on any atom is 0.309 e. The number of fused-ring (bicyclic) bond motifs is 1. The van der Waals surface area contributed by atoms with Crippen molar-refractivity contribution in [2.24, 2.45) is 0 Å². The molecule has 2 N–H and O–H groups in total. The summed E-state index contributed by atoms with van der Waals surface area (Å²) in [5.41, 5.74) is 5.23. The van der Waals surface area contributed by atoms with Crippen LogP contribution in [0.4, 0.5) is 5.69 Å². The Bertz CT molecular complexity index is 828. The molecule has 1 heterocycles. The molecule has 4 rings (SSSR count). The van der Waals surface area contributed by atoms with Gasteiger partial charge in [0.05, 0.1) is 0 Å². The summed E-state index contributed by atoms with van der Waals surface area (Å²) in [7, 11) is 0. The predicted octanol–water partition coefficient (Wildman–Crippen LogP) is 2.19. The standard InChI is InChI=1S/C22H25N3O2/c26-21(22(27)24-19-7-8-19)23-13-11-16-5-9-20(10-6-16)25-14-12-17-3-1-2-4-18(17)15-25/h1-6,9-10,19H,7-8,11-15H2,(H,23,26)(H,24,27). The number of carbonyl (C=O) groups excluding carboxylic acids is 2. The van der Waals surface area contributed by atoms with Gasteiger partial charge in [-0.25, -0.2) is 0 Å². The third-order valence-electron chi connectivity index (χ3n) is 5.25. The molecule has 1 aliphatic heterocycles. The fraction of sp³-hybridized carbons (Fsp3) is 0.364. The second-order valence-electron chi connectivity index (χ2n) is 7.36. The Kier molecular flexibility index (Phi) is 5.10.